The summed E-state index contributed by atoms with van der Waals surface area (Å²) >= 11 is 6.01. The van der Waals surface area contributed by atoms with Gasteiger partial charge in [-0.3, -0.25) is 0 Å². The molecule has 20 heavy (non-hydrogen) atoms. The molecule has 0 aliphatic rings. The van der Waals surface area contributed by atoms with Crippen LogP contribution < -0.4 is 10.5 Å². The van der Waals surface area contributed by atoms with E-state index in [1.165, 1.54) is 12.1 Å². The van der Waals surface area contributed by atoms with Crippen molar-refractivity contribution < 1.29 is 9.13 Å². The SMILES string of the molecule is Cc1cc(F)ccc1Oc1cc(Cl)ccc1CC(C)N. The number of nitrogens with two attached hydrogens (primary N) is 1. The van der Waals surface area contributed by atoms with E-state index in [0.717, 1.165) is 11.1 Å². The maximum Gasteiger partial charge on any atom is 0.132 e. The monoisotopic (exact) mass is 293 g/mol. The summed E-state index contributed by atoms with van der Waals surface area (Å²) in [5.74, 6) is 0.987. The average Bonchev–Trinajstić information content (AvgIpc) is 2.35. The zero-order valence-electron chi connectivity index (χ0n) is 11.5. The minimum absolute atomic E-state index is 0.0211. The first-order valence-corrected chi connectivity index (χ1v) is 6.81. The van der Waals surface area contributed by atoms with E-state index in [9.17, 15) is 4.39 Å². The molecule has 0 saturated heterocycles. The van der Waals surface area contributed by atoms with Gasteiger partial charge >= 0.3 is 0 Å². The van der Waals surface area contributed by atoms with Crippen molar-refractivity contribution in [1.82, 2.24) is 0 Å². The summed E-state index contributed by atoms with van der Waals surface area (Å²) < 4.78 is 19.0. The van der Waals surface area contributed by atoms with Gasteiger partial charge in [-0.05, 0) is 61.7 Å². The Balaban J connectivity index is 2.34. The van der Waals surface area contributed by atoms with Gasteiger partial charge in [0.25, 0.3) is 0 Å². The first kappa shape index (κ1) is 14.8. The van der Waals surface area contributed by atoms with Gasteiger partial charge in [0.05, 0.1) is 0 Å². The summed E-state index contributed by atoms with van der Waals surface area (Å²) in [5, 5.41) is 0.591. The Hall–Kier alpha value is -1.58. The molecule has 0 heterocycles. The second-order valence-electron chi connectivity index (χ2n) is 4.95. The highest BCUT2D eigenvalue weighted by atomic mass is 35.5. The molecule has 0 radical (unpaired) electrons. The van der Waals surface area contributed by atoms with E-state index in [1.807, 2.05) is 19.1 Å². The van der Waals surface area contributed by atoms with Gasteiger partial charge in [0.2, 0.25) is 0 Å². The van der Waals surface area contributed by atoms with Crippen LogP contribution in [0.3, 0.4) is 0 Å². The van der Waals surface area contributed by atoms with Crippen LogP contribution >= 0.6 is 11.6 Å². The van der Waals surface area contributed by atoms with E-state index in [2.05, 4.69) is 0 Å². The van der Waals surface area contributed by atoms with E-state index in [4.69, 9.17) is 22.1 Å². The zero-order valence-corrected chi connectivity index (χ0v) is 12.2. The molecule has 2 rings (SSSR count). The van der Waals surface area contributed by atoms with Crippen LogP contribution in [0.1, 0.15) is 18.1 Å². The molecular weight excluding hydrogens is 277 g/mol. The minimum atomic E-state index is -0.281. The number of benzene rings is 2. The Morgan fingerprint density at radius 1 is 1.20 bits per heavy atom. The number of halogens is 2. The molecule has 1 unspecified atom stereocenters. The van der Waals surface area contributed by atoms with Gasteiger partial charge in [-0.2, -0.15) is 0 Å². The van der Waals surface area contributed by atoms with Crippen molar-refractivity contribution in [3.8, 4) is 11.5 Å². The van der Waals surface area contributed by atoms with Gasteiger partial charge in [-0.25, -0.2) is 4.39 Å². The van der Waals surface area contributed by atoms with E-state index in [-0.39, 0.29) is 11.9 Å². The molecule has 2 N–H and O–H groups in total. The highest BCUT2D eigenvalue weighted by molar-refractivity contribution is 6.30. The summed E-state index contributed by atoms with van der Waals surface area (Å²) in [7, 11) is 0. The summed E-state index contributed by atoms with van der Waals surface area (Å²) in [4.78, 5) is 0. The average molecular weight is 294 g/mol. The Labute approximate surface area is 123 Å². The molecule has 0 amide bonds. The normalized spacial score (nSPS) is 12.2. The highest BCUT2D eigenvalue weighted by Gasteiger charge is 2.10. The van der Waals surface area contributed by atoms with E-state index >= 15 is 0 Å². The van der Waals surface area contributed by atoms with Crippen molar-refractivity contribution >= 4 is 11.6 Å². The summed E-state index contributed by atoms with van der Waals surface area (Å²) in [6, 6.07) is 9.91. The minimum Gasteiger partial charge on any atom is -0.457 e. The van der Waals surface area contributed by atoms with Gasteiger partial charge in [0, 0.05) is 11.1 Å². The fourth-order valence-electron chi connectivity index (χ4n) is 1.98. The smallest absolute Gasteiger partial charge is 0.132 e. The predicted octanol–water partition coefficient (Wildman–Crippen LogP) is 4.47. The van der Waals surface area contributed by atoms with Crippen molar-refractivity contribution in [3.05, 3.63) is 58.4 Å². The van der Waals surface area contributed by atoms with E-state index in [0.29, 0.717) is 22.9 Å². The molecule has 0 aliphatic carbocycles. The third-order valence-corrected chi connectivity index (χ3v) is 3.16. The lowest BCUT2D eigenvalue weighted by Gasteiger charge is -2.14. The Morgan fingerprint density at radius 2 is 1.95 bits per heavy atom. The standard InChI is InChI=1S/C16H17ClFNO/c1-10-7-14(18)5-6-15(10)20-16-9-13(17)4-3-12(16)8-11(2)19/h3-7,9,11H,8,19H2,1-2H3. The summed E-state index contributed by atoms with van der Waals surface area (Å²) in [5.41, 5.74) is 7.55. The highest BCUT2D eigenvalue weighted by Crippen LogP contribution is 2.31. The van der Waals surface area contributed by atoms with Gasteiger partial charge in [-0.15, -0.1) is 0 Å². The topological polar surface area (TPSA) is 35.2 Å². The van der Waals surface area contributed by atoms with Gasteiger partial charge in [-0.1, -0.05) is 17.7 Å². The molecule has 0 bridgehead atoms. The Bertz CT molecular complexity index is 613. The van der Waals surface area contributed by atoms with Crippen LogP contribution in [0.5, 0.6) is 11.5 Å². The largest absolute Gasteiger partial charge is 0.457 e. The molecule has 1 atom stereocenters. The fraction of sp³-hybridized carbons (Fsp3) is 0.250. The third kappa shape index (κ3) is 3.71. The predicted molar refractivity (Wildman–Crippen MR) is 80.0 cm³/mol. The molecule has 4 heteroatoms. The van der Waals surface area contributed by atoms with Crippen molar-refractivity contribution in [2.75, 3.05) is 0 Å². The molecule has 2 aromatic carbocycles. The molecule has 0 aromatic heterocycles. The van der Waals surface area contributed by atoms with E-state index < -0.39 is 0 Å². The maximum atomic E-state index is 13.1. The van der Waals surface area contributed by atoms with E-state index in [1.54, 1.807) is 19.1 Å². The Morgan fingerprint density at radius 3 is 2.60 bits per heavy atom. The fourth-order valence-corrected chi connectivity index (χ4v) is 2.15. The zero-order chi connectivity index (χ0) is 14.7. The molecule has 0 spiro atoms. The first-order chi connectivity index (χ1) is 9.45. The van der Waals surface area contributed by atoms with Crippen molar-refractivity contribution in [2.45, 2.75) is 26.3 Å². The third-order valence-electron chi connectivity index (χ3n) is 2.93. The van der Waals surface area contributed by atoms with Crippen LogP contribution in [0.4, 0.5) is 4.39 Å². The number of hydrogen-bond acceptors (Lipinski definition) is 2. The molecule has 0 aliphatic heterocycles. The quantitative estimate of drug-likeness (QED) is 0.902. The number of rotatable bonds is 4. The van der Waals surface area contributed by atoms with Gasteiger partial charge < -0.3 is 10.5 Å². The van der Waals surface area contributed by atoms with Crippen molar-refractivity contribution in [3.63, 3.8) is 0 Å². The Kier molecular flexibility index (Phi) is 4.63. The number of hydrogen-bond donors (Lipinski definition) is 1. The van der Waals surface area contributed by atoms with Crippen molar-refractivity contribution in [1.29, 1.82) is 0 Å². The van der Waals surface area contributed by atoms with Crippen LogP contribution in [0.25, 0.3) is 0 Å². The van der Waals surface area contributed by atoms with Crippen LogP contribution in [0, 0.1) is 12.7 Å². The van der Waals surface area contributed by atoms with Gasteiger partial charge in [0.1, 0.15) is 17.3 Å². The van der Waals surface area contributed by atoms with Crippen LogP contribution in [-0.4, -0.2) is 6.04 Å². The molecule has 0 saturated carbocycles. The van der Waals surface area contributed by atoms with Crippen molar-refractivity contribution in [2.24, 2.45) is 5.73 Å². The van der Waals surface area contributed by atoms with Crippen LogP contribution in [0.2, 0.25) is 5.02 Å². The second kappa shape index (κ2) is 6.25. The number of ether oxygens (including phenoxy) is 1. The second-order valence-corrected chi connectivity index (χ2v) is 5.38. The lowest BCUT2D eigenvalue weighted by Crippen LogP contribution is -2.18. The van der Waals surface area contributed by atoms with Crippen LogP contribution in [-0.2, 0) is 6.42 Å². The maximum absolute atomic E-state index is 13.1. The lowest BCUT2D eigenvalue weighted by atomic mass is 10.1. The summed E-state index contributed by atoms with van der Waals surface area (Å²) in [6.45, 7) is 3.73. The molecular formula is C16H17ClFNO. The molecule has 2 aromatic rings. The molecule has 106 valence electrons. The summed E-state index contributed by atoms with van der Waals surface area (Å²) in [6.07, 6.45) is 0.687. The molecule has 2 nitrogen and oxygen atoms in total. The van der Waals surface area contributed by atoms with Crippen LogP contribution in [0.15, 0.2) is 36.4 Å². The number of aryl methyl sites for hydroxylation is 1. The first-order valence-electron chi connectivity index (χ1n) is 6.43. The molecule has 0 fully saturated rings. The van der Waals surface area contributed by atoms with Gasteiger partial charge in [0.15, 0.2) is 0 Å². The lowest BCUT2D eigenvalue weighted by molar-refractivity contribution is 0.468.